The lowest BCUT2D eigenvalue weighted by Gasteiger charge is -2.05. The van der Waals surface area contributed by atoms with Gasteiger partial charge in [0.1, 0.15) is 5.75 Å². The fraction of sp³-hybridized carbons (Fsp3) is 0.211. The summed E-state index contributed by atoms with van der Waals surface area (Å²) in [6.45, 7) is 6.01. The average molecular weight is 280 g/mol. The van der Waals surface area contributed by atoms with Gasteiger partial charge in [-0.25, -0.2) is 0 Å². The molecule has 2 nitrogen and oxygen atoms in total. The summed E-state index contributed by atoms with van der Waals surface area (Å²) in [5.41, 5.74) is 4.94. The highest BCUT2D eigenvalue weighted by Gasteiger charge is 2.08. The van der Waals surface area contributed by atoms with Crippen molar-refractivity contribution < 1.29 is 9.53 Å². The molecule has 0 amide bonds. The Morgan fingerprint density at radius 3 is 2.24 bits per heavy atom. The van der Waals surface area contributed by atoms with Crippen molar-refractivity contribution >= 4 is 11.9 Å². The molecule has 2 heteroatoms. The molecule has 0 atom stereocenters. The Labute approximate surface area is 126 Å². The second kappa shape index (κ2) is 6.40. The number of allylic oxidation sites excluding steroid dienone is 1. The molecular formula is C19H20O2. The van der Waals surface area contributed by atoms with Crippen LogP contribution in [0.1, 0.15) is 34.0 Å². The minimum Gasteiger partial charge on any atom is -0.497 e. The van der Waals surface area contributed by atoms with E-state index in [1.165, 1.54) is 11.1 Å². The Hall–Kier alpha value is -2.35. The van der Waals surface area contributed by atoms with Crippen LogP contribution in [-0.2, 0) is 0 Å². The molecule has 0 saturated heterocycles. The summed E-state index contributed by atoms with van der Waals surface area (Å²) in [4.78, 5) is 12.4. The third-order valence-electron chi connectivity index (χ3n) is 3.62. The van der Waals surface area contributed by atoms with Gasteiger partial charge in [-0.3, -0.25) is 4.79 Å². The van der Waals surface area contributed by atoms with Crippen LogP contribution in [0.4, 0.5) is 0 Å². The topological polar surface area (TPSA) is 26.3 Å². The highest BCUT2D eigenvalue weighted by molar-refractivity contribution is 6.10. The molecule has 2 aromatic rings. The zero-order chi connectivity index (χ0) is 15.4. The van der Waals surface area contributed by atoms with E-state index in [9.17, 15) is 4.79 Å². The lowest BCUT2D eigenvalue weighted by Crippen LogP contribution is -2.00. The van der Waals surface area contributed by atoms with Gasteiger partial charge in [-0.2, -0.15) is 0 Å². The van der Waals surface area contributed by atoms with Gasteiger partial charge >= 0.3 is 0 Å². The number of aryl methyl sites for hydroxylation is 2. The summed E-state index contributed by atoms with van der Waals surface area (Å²) in [6, 6.07) is 13.4. The number of rotatable bonds is 4. The van der Waals surface area contributed by atoms with Gasteiger partial charge in [0.15, 0.2) is 5.78 Å². The van der Waals surface area contributed by atoms with Crippen LogP contribution in [0.15, 0.2) is 48.0 Å². The third-order valence-corrected chi connectivity index (χ3v) is 3.62. The molecule has 0 radical (unpaired) electrons. The van der Waals surface area contributed by atoms with E-state index in [1.807, 2.05) is 19.1 Å². The van der Waals surface area contributed by atoms with Crippen molar-refractivity contribution in [2.75, 3.05) is 7.11 Å². The molecule has 21 heavy (non-hydrogen) atoms. The summed E-state index contributed by atoms with van der Waals surface area (Å²) in [7, 11) is 1.61. The summed E-state index contributed by atoms with van der Waals surface area (Å²) in [6.07, 6.45) is 1.93. The van der Waals surface area contributed by atoms with E-state index in [4.69, 9.17) is 4.74 Å². The molecule has 0 fully saturated rings. The smallest absolute Gasteiger partial charge is 0.188 e. The standard InChI is InChI=1S/C19H20O2/c1-13-5-6-16(11-14(13)2)12-15(3)19(20)17-7-9-18(21-4)10-8-17/h5-12H,1-4H3/b15-12+. The number of Topliss-reactive ketones (excluding diaryl/α,β-unsaturated/α-hetero) is 1. The Morgan fingerprint density at radius 2 is 1.67 bits per heavy atom. The van der Waals surface area contributed by atoms with E-state index in [0.717, 1.165) is 16.9 Å². The molecule has 2 aromatic carbocycles. The quantitative estimate of drug-likeness (QED) is 0.604. The fourth-order valence-electron chi connectivity index (χ4n) is 2.14. The lowest BCUT2D eigenvalue weighted by atomic mass is 10.0. The molecule has 0 aliphatic rings. The summed E-state index contributed by atoms with van der Waals surface area (Å²) < 4.78 is 5.10. The van der Waals surface area contributed by atoms with Gasteiger partial charge in [-0.05, 0) is 73.4 Å². The first-order chi connectivity index (χ1) is 10.0. The van der Waals surface area contributed by atoms with Crippen LogP contribution in [0.2, 0.25) is 0 Å². The molecule has 0 bridgehead atoms. The Morgan fingerprint density at radius 1 is 1.00 bits per heavy atom. The molecule has 0 spiro atoms. The number of hydrogen-bond donors (Lipinski definition) is 0. The summed E-state index contributed by atoms with van der Waals surface area (Å²) in [5.74, 6) is 0.790. The molecular weight excluding hydrogens is 260 g/mol. The Bertz CT molecular complexity index is 679. The molecule has 0 saturated carbocycles. The first-order valence-electron chi connectivity index (χ1n) is 6.95. The van der Waals surface area contributed by atoms with Crippen LogP contribution >= 0.6 is 0 Å². The normalized spacial score (nSPS) is 11.3. The predicted molar refractivity (Wildman–Crippen MR) is 86.9 cm³/mol. The van der Waals surface area contributed by atoms with Gasteiger partial charge in [0, 0.05) is 5.56 Å². The van der Waals surface area contributed by atoms with Crippen LogP contribution in [0, 0.1) is 13.8 Å². The van der Waals surface area contributed by atoms with Gasteiger partial charge in [-0.15, -0.1) is 0 Å². The number of methoxy groups -OCH3 is 1. The molecule has 0 aromatic heterocycles. The van der Waals surface area contributed by atoms with E-state index in [0.29, 0.717) is 5.56 Å². The molecule has 0 heterocycles. The molecule has 0 aliphatic heterocycles. The van der Waals surface area contributed by atoms with Crippen LogP contribution in [0.25, 0.3) is 6.08 Å². The van der Waals surface area contributed by atoms with Crippen molar-refractivity contribution in [3.8, 4) is 5.75 Å². The third kappa shape index (κ3) is 3.60. The maximum atomic E-state index is 12.4. The maximum Gasteiger partial charge on any atom is 0.188 e. The van der Waals surface area contributed by atoms with Crippen molar-refractivity contribution in [1.82, 2.24) is 0 Å². The van der Waals surface area contributed by atoms with E-state index in [1.54, 1.807) is 31.4 Å². The second-order valence-corrected chi connectivity index (χ2v) is 5.23. The summed E-state index contributed by atoms with van der Waals surface area (Å²) in [5, 5.41) is 0. The van der Waals surface area contributed by atoms with Gasteiger partial charge in [0.2, 0.25) is 0 Å². The SMILES string of the molecule is COc1ccc(C(=O)/C(C)=C/c2ccc(C)c(C)c2)cc1. The van der Waals surface area contributed by atoms with Gasteiger partial charge in [0.25, 0.3) is 0 Å². The molecule has 0 unspecified atom stereocenters. The molecule has 0 aliphatic carbocycles. The average Bonchev–Trinajstić information content (AvgIpc) is 2.50. The minimum absolute atomic E-state index is 0.0379. The summed E-state index contributed by atoms with van der Waals surface area (Å²) >= 11 is 0. The zero-order valence-corrected chi connectivity index (χ0v) is 12.9. The number of carbonyl (C=O) groups excluding carboxylic acids is 1. The first-order valence-corrected chi connectivity index (χ1v) is 6.95. The monoisotopic (exact) mass is 280 g/mol. The van der Waals surface area contributed by atoms with Crippen molar-refractivity contribution in [3.63, 3.8) is 0 Å². The minimum atomic E-state index is 0.0379. The van der Waals surface area contributed by atoms with Crippen molar-refractivity contribution in [3.05, 3.63) is 70.3 Å². The van der Waals surface area contributed by atoms with E-state index >= 15 is 0 Å². The molecule has 0 N–H and O–H groups in total. The van der Waals surface area contributed by atoms with E-state index < -0.39 is 0 Å². The number of ether oxygens (including phenoxy) is 1. The van der Waals surface area contributed by atoms with Crippen LogP contribution in [0.5, 0.6) is 5.75 Å². The number of carbonyl (C=O) groups is 1. The highest BCUT2D eigenvalue weighted by atomic mass is 16.5. The van der Waals surface area contributed by atoms with Gasteiger partial charge in [-0.1, -0.05) is 18.2 Å². The van der Waals surface area contributed by atoms with E-state index in [2.05, 4.69) is 26.0 Å². The number of ketones is 1. The van der Waals surface area contributed by atoms with Crippen molar-refractivity contribution in [2.24, 2.45) is 0 Å². The second-order valence-electron chi connectivity index (χ2n) is 5.23. The number of hydrogen-bond acceptors (Lipinski definition) is 2. The van der Waals surface area contributed by atoms with E-state index in [-0.39, 0.29) is 5.78 Å². The first kappa shape index (κ1) is 15.0. The van der Waals surface area contributed by atoms with Gasteiger partial charge < -0.3 is 4.74 Å². The largest absolute Gasteiger partial charge is 0.497 e. The van der Waals surface area contributed by atoms with Crippen LogP contribution in [-0.4, -0.2) is 12.9 Å². The van der Waals surface area contributed by atoms with Gasteiger partial charge in [0.05, 0.1) is 7.11 Å². The van der Waals surface area contributed by atoms with Crippen molar-refractivity contribution in [2.45, 2.75) is 20.8 Å². The number of benzene rings is 2. The lowest BCUT2D eigenvalue weighted by molar-refractivity contribution is 0.103. The Balaban J connectivity index is 2.24. The van der Waals surface area contributed by atoms with Crippen molar-refractivity contribution in [1.29, 1.82) is 0 Å². The fourth-order valence-corrected chi connectivity index (χ4v) is 2.14. The highest BCUT2D eigenvalue weighted by Crippen LogP contribution is 2.17. The Kier molecular flexibility index (Phi) is 4.59. The maximum absolute atomic E-state index is 12.4. The van der Waals surface area contributed by atoms with Crippen LogP contribution < -0.4 is 4.74 Å². The van der Waals surface area contributed by atoms with Crippen LogP contribution in [0.3, 0.4) is 0 Å². The zero-order valence-electron chi connectivity index (χ0n) is 12.9. The molecule has 2 rings (SSSR count). The molecule has 108 valence electrons. The predicted octanol–water partition coefficient (Wildman–Crippen LogP) is 4.60.